The molecule has 3 aliphatic heterocycles. The number of nitrogens with zero attached hydrogens (tertiary/aromatic N) is 2. The first-order valence-corrected chi connectivity index (χ1v) is 13.4. The van der Waals surface area contributed by atoms with E-state index in [-0.39, 0.29) is 12.0 Å². The summed E-state index contributed by atoms with van der Waals surface area (Å²) in [5, 5.41) is 1.31. The van der Waals surface area contributed by atoms with E-state index in [1.165, 1.54) is 21.7 Å². The van der Waals surface area contributed by atoms with E-state index in [0.717, 1.165) is 42.8 Å². The Labute approximate surface area is 210 Å². The molecule has 33 heavy (non-hydrogen) atoms. The third-order valence-electron chi connectivity index (χ3n) is 6.86. The lowest BCUT2D eigenvalue weighted by Gasteiger charge is -2.39. The second kappa shape index (κ2) is 8.58. The molecule has 5 rings (SSSR count). The zero-order valence-corrected chi connectivity index (χ0v) is 21.9. The van der Waals surface area contributed by atoms with Crippen molar-refractivity contribution in [1.82, 2.24) is 4.90 Å². The van der Waals surface area contributed by atoms with Crippen molar-refractivity contribution in [3.63, 3.8) is 0 Å². The number of hydrogen-bond donors (Lipinski definition) is 0. The highest BCUT2D eigenvalue weighted by molar-refractivity contribution is 7.99. The highest BCUT2D eigenvalue weighted by Crippen LogP contribution is 2.54. The molecule has 3 heterocycles. The third kappa shape index (κ3) is 4.21. The number of carbonyl (C=O) groups excluding carboxylic acids is 1. The largest absolute Gasteiger partial charge is 0.444 e. The summed E-state index contributed by atoms with van der Waals surface area (Å²) in [6.45, 7) is 10.5. The van der Waals surface area contributed by atoms with Crippen molar-refractivity contribution >= 4 is 46.7 Å². The summed E-state index contributed by atoms with van der Waals surface area (Å²) in [5.74, 6) is 1.38. The smallest absolute Gasteiger partial charge is 0.410 e. The molecule has 0 aromatic heterocycles. The fourth-order valence-corrected chi connectivity index (χ4v) is 7.16. The van der Waals surface area contributed by atoms with Crippen molar-refractivity contribution < 1.29 is 9.53 Å². The summed E-state index contributed by atoms with van der Waals surface area (Å²) in [5.41, 5.74) is 5.67. The van der Waals surface area contributed by atoms with Gasteiger partial charge in [0, 0.05) is 52.1 Å². The number of anilines is 1. The maximum absolute atomic E-state index is 12.9. The molecule has 1 saturated heterocycles. The van der Waals surface area contributed by atoms with Crippen molar-refractivity contribution in [2.24, 2.45) is 0 Å². The number of halogens is 2. The number of piperidine rings is 1. The molecule has 0 N–H and O–H groups in total. The lowest BCUT2D eigenvalue weighted by Crippen LogP contribution is -2.49. The van der Waals surface area contributed by atoms with Crippen LogP contribution in [0.25, 0.3) is 11.1 Å². The van der Waals surface area contributed by atoms with Crippen LogP contribution < -0.4 is 4.90 Å². The molecule has 176 valence electrons. The monoisotopic (exact) mass is 504 g/mol. The molecule has 1 fully saturated rings. The summed E-state index contributed by atoms with van der Waals surface area (Å²) in [7, 11) is 0. The van der Waals surface area contributed by atoms with Crippen LogP contribution in [0.1, 0.15) is 50.7 Å². The summed E-state index contributed by atoms with van der Waals surface area (Å²) < 4.78 is 5.70. The van der Waals surface area contributed by atoms with E-state index in [1.54, 1.807) is 0 Å². The average molecular weight is 506 g/mol. The summed E-state index contributed by atoms with van der Waals surface area (Å²) in [4.78, 5) is 18.8. The zero-order chi connectivity index (χ0) is 23.5. The van der Waals surface area contributed by atoms with Crippen molar-refractivity contribution in [3.05, 3.63) is 45.4 Å². The van der Waals surface area contributed by atoms with Crippen molar-refractivity contribution in [2.45, 2.75) is 63.0 Å². The molecule has 7 heteroatoms. The molecule has 0 bridgehead atoms. The number of fused-ring (bicyclic) bond motifs is 3. The molecular formula is C26H30Cl2N2O2S. The van der Waals surface area contributed by atoms with Gasteiger partial charge in [0.15, 0.2) is 0 Å². The predicted molar refractivity (Wildman–Crippen MR) is 138 cm³/mol. The van der Waals surface area contributed by atoms with Gasteiger partial charge in [-0.2, -0.15) is 0 Å². The number of thioether (sulfide) groups is 1. The molecule has 0 unspecified atom stereocenters. The van der Waals surface area contributed by atoms with Gasteiger partial charge in [0.05, 0.1) is 5.69 Å². The van der Waals surface area contributed by atoms with Crippen LogP contribution >= 0.6 is 35.0 Å². The van der Waals surface area contributed by atoms with Crippen LogP contribution in [0, 0.1) is 6.92 Å². The Morgan fingerprint density at radius 1 is 1.15 bits per heavy atom. The number of hydrogen-bond acceptors (Lipinski definition) is 4. The predicted octanol–water partition coefficient (Wildman–Crippen LogP) is 7.38. The molecule has 0 spiro atoms. The van der Waals surface area contributed by atoms with Crippen molar-refractivity contribution in [3.8, 4) is 11.1 Å². The second-order valence-corrected chi connectivity index (χ2v) is 12.2. The maximum Gasteiger partial charge on any atom is 0.410 e. The summed E-state index contributed by atoms with van der Waals surface area (Å²) >= 11 is 14.8. The number of ether oxygens (including phenoxy) is 1. The maximum atomic E-state index is 12.9. The van der Waals surface area contributed by atoms with Crippen molar-refractivity contribution in [1.29, 1.82) is 0 Å². The summed E-state index contributed by atoms with van der Waals surface area (Å²) in [6, 6.07) is 8.49. The lowest BCUT2D eigenvalue weighted by molar-refractivity contribution is 0.0189. The fourth-order valence-electron chi connectivity index (χ4n) is 5.47. The van der Waals surface area contributed by atoms with E-state index in [1.807, 2.05) is 55.6 Å². The van der Waals surface area contributed by atoms with E-state index in [4.69, 9.17) is 27.9 Å². The molecule has 3 aliphatic rings. The Balaban J connectivity index is 1.59. The number of likely N-dealkylation sites (tertiary alicyclic amines) is 1. The van der Waals surface area contributed by atoms with Gasteiger partial charge >= 0.3 is 6.09 Å². The van der Waals surface area contributed by atoms with Crippen LogP contribution in [0.2, 0.25) is 10.0 Å². The van der Waals surface area contributed by atoms with Gasteiger partial charge in [0.1, 0.15) is 5.60 Å². The van der Waals surface area contributed by atoms with Gasteiger partial charge in [-0.05, 0) is 81.2 Å². The molecule has 1 amide bonds. The van der Waals surface area contributed by atoms with Crippen LogP contribution in [0.4, 0.5) is 10.5 Å². The standard InChI is InChI=1S/C26H30Cl2N2O2S/c1-15-18(17-7-6-16(27)12-21(17)28)13-19-20-14-29(25(31)32-26(2,3)4)10-8-22(20)30-9-5-11-33-24(15)23(19)30/h6-7,12-13,20,22H,5,8-11,14H2,1-4H3/t20-,22-/m0/s1. The minimum absolute atomic E-state index is 0.212. The van der Waals surface area contributed by atoms with Gasteiger partial charge in [-0.25, -0.2) is 4.79 Å². The van der Waals surface area contributed by atoms with Gasteiger partial charge in [-0.3, -0.25) is 0 Å². The Morgan fingerprint density at radius 2 is 1.94 bits per heavy atom. The van der Waals surface area contributed by atoms with Crippen LogP contribution in [0.15, 0.2) is 29.2 Å². The topological polar surface area (TPSA) is 32.8 Å². The molecule has 0 aliphatic carbocycles. The van der Waals surface area contributed by atoms with E-state index in [9.17, 15) is 4.79 Å². The highest BCUT2D eigenvalue weighted by Gasteiger charge is 2.45. The zero-order valence-electron chi connectivity index (χ0n) is 19.6. The minimum atomic E-state index is -0.492. The highest BCUT2D eigenvalue weighted by atomic mass is 35.5. The van der Waals surface area contributed by atoms with E-state index in [0.29, 0.717) is 22.6 Å². The molecule has 2 aromatic rings. The van der Waals surface area contributed by atoms with Gasteiger partial charge < -0.3 is 14.5 Å². The molecule has 0 saturated carbocycles. The van der Waals surface area contributed by atoms with Gasteiger partial charge in [0.25, 0.3) is 0 Å². The average Bonchev–Trinajstić information content (AvgIpc) is 2.88. The Morgan fingerprint density at radius 3 is 2.67 bits per heavy atom. The fraction of sp³-hybridized carbons (Fsp3) is 0.500. The van der Waals surface area contributed by atoms with E-state index < -0.39 is 5.60 Å². The number of carbonyl (C=O) groups is 1. The SMILES string of the molecule is Cc1c(-c2ccc(Cl)cc2Cl)cc2c3c1SCCCN3[C@H]1CCN(C(=O)OC(C)(C)C)C[C@@H]21. The summed E-state index contributed by atoms with van der Waals surface area (Å²) in [6.07, 6.45) is 1.91. The van der Waals surface area contributed by atoms with Gasteiger partial charge in [-0.1, -0.05) is 29.3 Å². The van der Waals surface area contributed by atoms with E-state index >= 15 is 0 Å². The van der Waals surface area contributed by atoms with Crippen LogP contribution in [0.3, 0.4) is 0 Å². The molecule has 2 aromatic carbocycles. The Kier molecular flexibility index (Phi) is 6.03. The molecular weight excluding hydrogens is 475 g/mol. The van der Waals surface area contributed by atoms with Gasteiger partial charge in [0.2, 0.25) is 0 Å². The first-order chi connectivity index (χ1) is 15.6. The van der Waals surface area contributed by atoms with Crippen LogP contribution in [-0.4, -0.2) is 48.0 Å². The van der Waals surface area contributed by atoms with Crippen LogP contribution in [0.5, 0.6) is 0 Å². The molecule has 0 radical (unpaired) electrons. The van der Waals surface area contributed by atoms with E-state index in [2.05, 4.69) is 17.9 Å². The number of benzene rings is 2. The number of rotatable bonds is 1. The van der Waals surface area contributed by atoms with Crippen molar-refractivity contribution in [2.75, 3.05) is 30.3 Å². The number of amides is 1. The third-order valence-corrected chi connectivity index (χ3v) is 8.69. The normalized spacial score (nSPS) is 22.0. The lowest BCUT2D eigenvalue weighted by atomic mass is 9.87. The molecule has 4 nitrogen and oxygen atoms in total. The minimum Gasteiger partial charge on any atom is -0.444 e. The quantitative estimate of drug-likeness (QED) is 0.405. The Bertz CT molecular complexity index is 1110. The molecule has 2 atom stereocenters. The van der Waals surface area contributed by atoms with Crippen LogP contribution in [-0.2, 0) is 4.74 Å². The Hall–Kier alpha value is -1.56. The second-order valence-electron chi connectivity index (χ2n) is 10.2. The first kappa shape index (κ1) is 23.2. The van der Waals surface area contributed by atoms with Gasteiger partial charge in [-0.15, -0.1) is 11.8 Å². The first-order valence-electron chi connectivity index (χ1n) is 11.6.